The number of nitriles is 1. The Bertz CT molecular complexity index is 559. The average Bonchev–Trinajstić information content (AvgIpc) is 2.74. The maximum absolute atomic E-state index is 9.03. The molecule has 0 fully saturated rings. The van der Waals surface area contributed by atoms with E-state index in [0.717, 1.165) is 16.7 Å². The van der Waals surface area contributed by atoms with Crippen LogP contribution in [0.2, 0.25) is 0 Å². The van der Waals surface area contributed by atoms with Crippen molar-refractivity contribution in [1.29, 1.82) is 5.26 Å². The molecule has 2 rings (SSSR count). The summed E-state index contributed by atoms with van der Waals surface area (Å²) in [6.45, 7) is 0.774. The first-order chi connectivity index (χ1) is 8.20. The summed E-state index contributed by atoms with van der Waals surface area (Å²) >= 11 is 5.13. The molecule has 0 radical (unpaired) electrons. The first kappa shape index (κ1) is 12.1. The number of anilines is 1. The normalized spacial score (nSPS) is 9.94. The van der Waals surface area contributed by atoms with Gasteiger partial charge in [-0.1, -0.05) is 0 Å². The molecular formula is C12H10BrN3S. The molecule has 0 saturated heterocycles. The van der Waals surface area contributed by atoms with Gasteiger partial charge in [0, 0.05) is 28.0 Å². The van der Waals surface area contributed by atoms with Gasteiger partial charge in [-0.3, -0.25) is 4.98 Å². The standard InChI is InChI=1S/C12H10BrN3S/c1-16(7-11-4-10(13)8-17-11)12-6-15-3-2-9(12)5-14/h2-4,6,8H,7H2,1H3. The quantitative estimate of drug-likeness (QED) is 0.872. The van der Waals surface area contributed by atoms with Crippen LogP contribution >= 0.6 is 27.3 Å². The highest BCUT2D eigenvalue weighted by atomic mass is 79.9. The second-order valence-electron chi connectivity index (χ2n) is 3.59. The van der Waals surface area contributed by atoms with E-state index in [1.54, 1.807) is 29.8 Å². The van der Waals surface area contributed by atoms with Gasteiger partial charge >= 0.3 is 0 Å². The molecule has 86 valence electrons. The molecule has 0 aliphatic rings. The SMILES string of the molecule is CN(Cc1cc(Br)cs1)c1cnccc1C#N. The number of aromatic nitrogens is 1. The molecule has 0 spiro atoms. The van der Waals surface area contributed by atoms with Crippen LogP contribution in [-0.4, -0.2) is 12.0 Å². The van der Waals surface area contributed by atoms with Gasteiger partial charge < -0.3 is 4.90 Å². The lowest BCUT2D eigenvalue weighted by Gasteiger charge is -2.18. The van der Waals surface area contributed by atoms with E-state index in [1.807, 2.05) is 11.9 Å². The molecule has 0 amide bonds. The van der Waals surface area contributed by atoms with E-state index in [2.05, 4.69) is 38.4 Å². The van der Waals surface area contributed by atoms with E-state index in [9.17, 15) is 0 Å². The van der Waals surface area contributed by atoms with Crippen LogP contribution in [0, 0.1) is 11.3 Å². The number of pyridine rings is 1. The lowest BCUT2D eigenvalue weighted by Crippen LogP contribution is -2.16. The number of rotatable bonds is 3. The number of nitrogens with zero attached hydrogens (tertiary/aromatic N) is 3. The van der Waals surface area contributed by atoms with Crippen molar-refractivity contribution in [3.05, 3.63) is 44.8 Å². The van der Waals surface area contributed by atoms with E-state index in [0.29, 0.717) is 5.56 Å². The van der Waals surface area contributed by atoms with Crippen LogP contribution in [0.15, 0.2) is 34.4 Å². The Morgan fingerprint density at radius 3 is 3.06 bits per heavy atom. The molecule has 5 heteroatoms. The molecule has 17 heavy (non-hydrogen) atoms. The Morgan fingerprint density at radius 1 is 1.59 bits per heavy atom. The minimum Gasteiger partial charge on any atom is -0.367 e. The Hall–Kier alpha value is -1.38. The van der Waals surface area contributed by atoms with Crippen LogP contribution in [0.5, 0.6) is 0 Å². The Kier molecular flexibility index (Phi) is 3.77. The summed E-state index contributed by atoms with van der Waals surface area (Å²) in [5.74, 6) is 0. The fourth-order valence-electron chi connectivity index (χ4n) is 1.54. The predicted octanol–water partition coefficient (Wildman–Crippen LogP) is 3.41. The molecule has 0 unspecified atom stereocenters. The zero-order chi connectivity index (χ0) is 12.3. The third-order valence-corrected chi connectivity index (χ3v) is 4.03. The van der Waals surface area contributed by atoms with Gasteiger partial charge in [0.05, 0.1) is 24.0 Å². The van der Waals surface area contributed by atoms with Crippen LogP contribution in [0.3, 0.4) is 0 Å². The number of halogens is 1. The third-order valence-electron chi connectivity index (χ3n) is 2.35. The maximum Gasteiger partial charge on any atom is 0.101 e. The highest BCUT2D eigenvalue weighted by Gasteiger charge is 2.08. The summed E-state index contributed by atoms with van der Waals surface area (Å²) < 4.78 is 1.09. The number of hydrogen-bond acceptors (Lipinski definition) is 4. The van der Waals surface area contributed by atoms with Gasteiger partial charge in [-0.05, 0) is 28.1 Å². The molecule has 0 saturated carbocycles. The Labute approximate surface area is 112 Å². The minimum atomic E-state index is 0.651. The van der Waals surface area contributed by atoms with Crippen molar-refractivity contribution in [1.82, 2.24) is 4.98 Å². The molecule has 0 N–H and O–H groups in total. The van der Waals surface area contributed by atoms with Gasteiger partial charge in [-0.15, -0.1) is 11.3 Å². The zero-order valence-electron chi connectivity index (χ0n) is 9.22. The molecule has 0 aliphatic heterocycles. The van der Waals surface area contributed by atoms with Gasteiger partial charge in [-0.25, -0.2) is 0 Å². The summed E-state index contributed by atoms with van der Waals surface area (Å²) in [7, 11) is 1.96. The second-order valence-corrected chi connectivity index (χ2v) is 5.50. The van der Waals surface area contributed by atoms with E-state index < -0.39 is 0 Å². The molecule has 0 aromatic carbocycles. The van der Waals surface area contributed by atoms with E-state index in [1.165, 1.54) is 4.88 Å². The molecule has 0 bridgehead atoms. The van der Waals surface area contributed by atoms with E-state index in [4.69, 9.17) is 5.26 Å². The summed E-state index contributed by atoms with van der Waals surface area (Å²) in [5, 5.41) is 11.1. The summed E-state index contributed by atoms with van der Waals surface area (Å²) in [5.41, 5.74) is 1.51. The topological polar surface area (TPSA) is 39.9 Å². The molecular weight excluding hydrogens is 298 g/mol. The summed E-state index contributed by atoms with van der Waals surface area (Å²) in [6, 6.07) is 6.00. The van der Waals surface area contributed by atoms with Crippen molar-refractivity contribution in [2.45, 2.75) is 6.54 Å². The molecule has 2 aromatic rings. The fraction of sp³-hybridized carbons (Fsp3) is 0.167. The van der Waals surface area contributed by atoms with E-state index in [-0.39, 0.29) is 0 Å². The monoisotopic (exact) mass is 307 g/mol. The van der Waals surface area contributed by atoms with Gasteiger partial charge in [0.25, 0.3) is 0 Å². The minimum absolute atomic E-state index is 0.651. The highest BCUT2D eigenvalue weighted by molar-refractivity contribution is 9.10. The van der Waals surface area contributed by atoms with Gasteiger partial charge in [0.2, 0.25) is 0 Å². The highest BCUT2D eigenvalue weighted by Crippen LogP contribution is 2.24. The molecule has 2 aromatic heterocycles. The van der Waals surface area contributed by atoms with Gasteiger partial charge in [0.1, 0.15) is 6.07 Å². The van der Waals surface area contributed by atoms with Crippen molar-refractivity contribution >= 4 is 33.0 Å². The molecule has 2 heterocycles. The molecule has 3 nitrogen and oxygen atoms in total. The van der Waals surface area contributed by atoms with E-state index >= 15 is 0 Å². The van der Waals surface area contributed by atoms with Crippen molar-refractivity contribution in [3.8, 4) is 6.07 Å². The van der Waals surface area contributed by atoms with Crippen LogP contribution in [0.4, 0.5) is 5.69 Å². The smallest absolute Gasteiger partial charge is 0.101 e. The van der Waals surface area contributed by atoms with Crippen LogP contribution in [0.1, 0.15) is 10.4 Å². The summed E-state index contributed by atoms with van der Waals surface area (Å²) in [6.07, 6.45) is 3.36. The van der Waals surface area contributed by atoms with Crippen LogP contribution in [-0.2, 0) is 6.54 Å². The van der Waals surface area contributed by atoms with Crippen molar-refractivity contribution in [3.63, 3.8) is 0 Å². The van der Waals surface area contributed by atoms with Crippen molar-refractivity contribution in [2.75, 3.05) is 11.9 Å². The zero-order valence-corrected chi connectivity index (χ0v) is 11.6. The van der Waals surface area contributed by atoms with Crippen molar-refractivity contribution < 1.29 is 0 Å². The van der Waals surface area contributed by atoms with Crippen LogP contribution < -0.4 is 4.90 Å². The molecule has 0 atom stereocenters. The van der Waals surface area contributed by atoms with Gasteiger partial charge in [-0.2, -0.15) is 5.26 Å². The Morgan fingerprint density at radius 2 is 2.41 bits per heavy atom. The summed E-state index contributed by atoms with van der Waals surface area (Å²) in [4.78, 5) is 7.34. The lowest BCUT2D eigenvalue weighted by molar-refractivity contribution is 0.931. The maximum atomic E-state index is 9.03. The van der Waals surface area contributed by atoms with Crippen molar-refractivity contribution in [2.24, 2.45) is 0 Å². The lowest BCUT2D eigenvalue weighted by atomic mass is 10.2. The fourth-order valence-corrected chi connectivity index (χ4v) is 3.04. The first-order valence-corrected chi connectivity index (χ1v) is 6.66. The first-order valence-electron chi connectivity index (χ1n) is 4.99. The average molecular weight is 308 g/mol. The number of thiophene rings is 1. The van der Waals surface area contributed by atoms with Crippen LogP contribution in [0.25, 0.3) is 0 Å². The largest absolute Gasteiger partial charge is 0.367 e. The Balaban J connectivity index is 2.20. The molecule has 0 aliphatic carbocycles. The predicted molar refractivity (Wildman–Crippen MR) is 73.1 cm³/mol. The third kappa shape index (κ3) is 2.84. The van der Waals surface area contributed by atoms with Gasteiger partial charge in [0.15, 0.2) is 0 Å². The number of hydrogen-bond donors (Lipinski definition) is 0. The second kappa shape index (κ2) is 5.30.